The van der Waals surface area contributed by atoms with Crippen molar-refractivity contribution in [3.63, 3.8) is 0 Å². The molecule has 1 heterocycles. The van der Waals surface area contributed by atoms with Gasteiger partial charge in [-0.2, -0.15) is 11.8 Å². The molecule has 0 saturated carbocycles. The minimum Gasteiger partial charge on any atom is -0.478 e. The maximum absolute atomic E-state index is 13.3. The topological polar surface area (TPSA) is 57.6 Å². The predicted octanol–water partition coefficient (Wildman–Crippen LogP) is 2.24. The smallest absolute Gasteiger partial charge is 0.336 e. The minimum absolute atomic E-state index is 0.228. The molecule has 1 fully saturated rings. The van der Waals surface area contributed by atoms with Crippen LogP contribution in [0.4, 0.5) is 8.78 Å². The fourth-order valence-corrected chi connectivity index (χ4v) is 3.09. The highest BCUT2D eigenvalue weighted by atomic mass is 32.2. The summed E-state index contributed by atoms with van der Waals surface area (Å²) in [5.74, 6) is -3.79. The van der Waals surface area contributed by atoms with Crippen LogP contribution in [0, 0.1) is 11.6 Å². The van der Waals surface area contributed by atoms with Crippen molar-refractivity contribution in [2.45, 2.75) is 12.2 Å². The highest BCUT2D eigenvalue weighted by Gasteiger charge is 2.27. The molecule has 1 N–H and O–H groups in total. The number of aromatic carboxylic acids is 1. The second-order valence-electron chi connectivity index (χ2n) is 4.55. The Balaban J connectivity index is 2.38. The molecule has 1 aromatic rings. The molecule has 0 radical (unpaired) electrons. The lowest BCUT2D eigenvalue weighted by atomic mass is 10.1. The zero-order chi connectivity index (χ0) is 14.9. The fraction of sp³-hybridized carbons (Fsp3) is 0.385. The van der Waals surface area contributed by atoms with Crippen LogP contribution in [0.3, 0.4) is 0 Å². The molecular weight excluding hydrogens is 288 g/mol. The highest BCUT2D eigenvalue weighted by molar-refractivity contribution is 7.99. The first-order chi connectivity index (χ1) is 9.40. The van der Waals surface area contributed by atoms with E-state index in [-0.39, 0.29) is 10.8 Å². The van der Waals surface area contributed by atoms with Gasteiger partial charge in [-0.15, -0.1) is 0 Å². The lowest BCUT2D eigenvalue weighted by Gasteiger charge is -2.31. The van der Waals surface area contributed by atoms with Gasteiger partial charge in [-0.25, -0.2) is 13.6 Å². The molecule has 1 amide bonds. The predicted molar refractivity (Wildman–Crippen MR) is 71.1 cm³/mol. The molecule has 20 heavy (non-hydrogen) atoms. The first kappa shape index (κ1) is 14.8. The second kappa shape index (κ2) is 5.78. The van der Waals surface area contributed by atoms with Gasteiger partial charge in [0.15, 0.2) is 11.6 Å². The average molecular weight is 301 g/mol. The molecule has 4 nitrogen and oxygen atoms in total. The minimum atomic E-state index is -1.45. The van der Waals surface area contributed by atoms with E-state index in [4.69, 9.17) is 5.11 Å². The number of carbonyl (C=O) groups is 2. The summed E-state index contributed by atoms with van der Waals surface area (Å²) in [6.07, 6.45) is 0. The molecule has 1 aliphatic heterocycles. The van der Waals surface area contributed by atoms with E-state index in [1.54, 1.807) is 11.8 Å². The first-order valence-corrected chi connectivity index (χ1v) is 7.08. The van der Waals surface area contributed by atoms with Gasteiger partial charge in [-0.3, -0.25) is 4.79 Å². The lowest BCUT2D eigenvalue weighted by Crippen LogP contribution is -2.41. The van der Waals surface area contributed by atoms with Crippen molar-refractivity contribution < 1.29 is 23.5 Å². The van der Waals surface area contributed by atoms with Crippen LogP contribution in [0.1, 0.15) is 27.6 Å². The second-order valence-corrected chi connectivity index (χ2v) is 6.10. The number of thioether (sulfide) groups is 1. The number of hydrogen-bond donors (Lipinski definition) is 1. The van der Waals surface area contributed by atoms with Gasteiger partial charge in [0.2, 0.25) is 0 Å². The Morgan fingerprint density at radius 1 is 1.30 bits per heavy atom. The summed E-state index contributed by atoms with van der Waals surface area (Å²) in [5, 5.41) is 9.24. The number of carboxylic acid groups (broad SMARTS) is 1. The number of halogens is 2. The zero-order valence-electron chi connectivity index (χ0n) is 10.7. The van der Waals surface area contributed by atoms with Crippen molar-refractivity contribution in [2.24, 2.45) is 0 Å². The maximum Gasteiger partial charge on any atom is 0.336 e. The largest absolute Gasteiger partial charge is 0.478 e. The third kappa shape index (κ3) is 2.92. The third-order valence-electron chi connectivity index (χ3n) is 3.05. The van der Waals surface area contributed by atoms with Gasteiger partial charge < -0.3 is 10.0 Å². The number of amides is 1. The number of benzene rings is 1. The lowest BCUT2D eigenvalue weighted by molar-refractivity contribution is 0.0675. The first-order valence-electron chi connectivity index (χ1n) is 6.03. The molecule has 0 bridgehead atoms. The molecule has 1 atom stereocenters. The van der Waals surface area contributed by atoms with E-state index >= 15 is 0 Å². The van der Waals surface area contributed by atoms with Crippen molar-refractivity contribution in [1.82, 2.24) is 4.90 Å². The number of nitrogens with zero attached hydrogens (tertiary/aromatic N) is 1. The van der Waals surface area contributed by atoms with Crippen LogP contribution in [-0.4, -0.2) is 46.0 Å². The van der Waals surface area contributed by atoms with E-state index in [2.05, 4.69) is 0 Å². The van der Waals surface area contributed by atoms with Gasteiger partial charge in [0, 0.05) is 24.1 Å². The Hall–Kier alpha value is -1.63. The van der Waals surface area contributed by atoms with Gasteiger partial charge in [-0.05, 0) is 12.1 Å². The van der Waals surface area contributed by atoms with E-state index in [0.717, 1.165) is 5.75 Å². The molecule has 1 unspecified atom stereocenters. The van der Waals surface area contributed by atoms with Crippen molar-refractivity contribution in [2.75, 3.05) is 18.8 Å². The molecule has 1 aromatic carbocycles. The highest BCUT2D eigenvalue weighted by Crippen LogP contribution is 2.22. The van der Waals surface area contributed by atoms with Crippen LogP contribution in [0.25, 0.3) is 0 Å². The van der Waals surface area contributed by atoms with E-state index in [1.165, 1.54) is 4.90 Å². The van der Waals surface area contributed by atoms with Crippen molar-refractivity contribution in [3.8, 4) is 0 Å². The summed E-state index contributed by atoms with van der Waals surface area (Å²) in [7, 11) is 0. The monoisotopic (exact) mass is 301 g/mol. The molecule has 0 spiro atoms. The number of rotatable bonds is 2. The Morgan fingerprint density at radius 3 is 2.45 bits per heavy atom. The Kier molecular flexibility index (Phi) is 4.27. The van der Waals surface area contributed by atoms with Crippen molar-refractivity contribution in [3.05, 3.63) is 34.9 Å². The molecule has 0 aromatic heterocycles. The average Bonchev–Trinajstić information content (AvgIpc) is 2.40. The van der Waals surface area contributed by atoms with Gasteiger partial charge in [-0.1, -0.05) is 6.92 Å². The summed E-state index contributed by atoms with van der Waals surface area (Å²) >= 11 is 1.71. The Morgan fingerprint density at radius 2 is 1.90 bits per heavy atom. The van der Waals surface area contributed by atoms with Crippen LogP contribution in [-0.2, 0) is 0 Å². The van der Waals surface area contributed by atoms with Gasteiger partial charge in [0.25, 0.3) is 5.91 Å². The molecule has 2 rings (SSSR count). The quantitative estimate of drug-likeness (QED) is 0.910. The van der Waals surface area contributed by atoms with Crippen LogP contribution >= 0.6 is 11.8 Å². The van der Waals surface area contributed by atoms with E-state index in [1.807, 2.05) is 6.92 Å². The summed E-state index contributed by atoms with van der Waals surface area (Å²) < 4.78 is 26.4. The SMILES string of the molecule is CC1CN(C(=O)c2cc(F)c(F)cc2C(=O)O)CCS1. The van der Waals surface area contributed by atoms with Gasteiger partial charge in [0.1, 0.15) is 0 Å². The molecule has 1 aliphatic rings. The summed E-state index contributed by atoms with van der Waals surface area (Å²) in [4.78, 5) is 24.8. The zero-order valence-corrected chi connectivity index (χ0v) is 11.5. The number of carboxylic acids is 1. The number of hydrogen-bond acceptors (Lipinski definition) is 3. The van der Waals surface area contributed by atoms with Crippen molar-refractivity contribution >= 4 is 23.6 Å². The third-order valence-corrected chi connectivity index (χ3v) is 4.19. The van der Waals surface area contributed by atoms with Crippen LogP contribution in [0.2, 0.25) is 0 Å². The van der Waals surface area contributed by atoms with E-state index in [0.29, 0.717) is 25.2 Å². The van der Waals surface area contributed by atoms with Crippen LogP contribution in [0.15, 0.2) is 12.1 Å². The summed E-state index contributed by atoms with van der Waals surface area (Å²) in [6, 6.07) is 1.21. The van der Waals surface area contributed by atoms with E-state index < -0.39 is 29.1 Å². The fourth-order valence-electron chi connectivity index (χ4n) is 2.07. The van der Waals surface area contributed by atoms with Crippen LogP contribution < -0.4 is 0 Å². The van der Waals surface area contributed by atoms with Crippen molar-refractivity contribution in [1.29, 1.82) is 0 Å². The number of carbonyl (C=O) groups excluding carboxylic acids is 1. The Bertz CT molecular complexity index is 565. The van der Waals surface area contributed by atoms with Crippen LogP contribution in [0.5, 0.6) is 0 Å². The molecule has 1 saturated heterocycles. The summed E-state index contributed by atoms with van der Waals surface area (Å²) in [6.45, 7) is 2.88. The maximum atomic E-state index is 13.3. The standard InChI is InChI=1S/C13H13F2NO3S/c1-7-6-16(2-3-20-7)12(17)8-4-10(14)11(15)5-9(8)13(18)19/h4-5,7H,2-3,6H2,1H3,(H,18,19). The van der Waals surface area contributed by atoms with Gasteiger partial charge in [0.05, 0.1) is 11.1 Å². The molecular formula is C13H13F2NO3S. The molecule has 0 aliphatic carbocycles. The van der Waals surface area contributed by atoms with E-state index in [9.17, 15) is 18.4 Å². The molecule has 7 heteroatoms. The summed E-state index contributed by atoms with van der Waals surface area (Å²) in [5.41, 5.74) is -0.824. The normalized spacial score (nSPS) is 18.9. The van der Waals surface area contributed by atoms with Gasteiger partial charge >= 0.3 is 5.97 Å². The molecule has 108 valence electrons. The Labute approximate surface area is 118 Å².